The lowest BCUT2D eigenvalue weighted by Gasteiger charge is -2.36. The van der Waals surface area contributed by atoms with Crippen molar-refractivity contribution in [1.82, 2.24) is 19.9 Å². The maximum Gasteiger partial charge on any atom is 0.277 e. The van der Waals surface area contributed by atoms with Crippen LogP contribution in [0.2, 0.25) is 0 Å². The Labute approximate surface area is 185 Å². The van der Waals surface area contributed by atoms with Crippen molar-refractivity contribution in [3.8, 4) is 0 Å². The molecule has 1 aliphatic rings. The SMILES string of the molecule is O=C(c1ccc(Cn2nnc3ccccc3c2=O)cc1)N1CCN(c2ccccc2)CC1. The van der Waals surface area contributed by atoms with Crippen molar-refractivity contribution in [2.45, 2.75) is 6.54 Å². The fourth-order valence-electron chi connectivity index (χ4n) is 4.04. The van der Waals surface area contributed by atoms with Gasteiger partial charge in [0.15, 0.2) is 0 Å². The van der Waals surface area contributed by atoms with Gasteiger partial charge < -0.3 is 9.80 Å². The van der Waals surface area contributed by atoms with Gasteiger partial charge in [-0.05, 0) is 42.0 Å². The summed E-state index contributed by atoms with van der Waals surface area (Å²) < 4.78 is 1.35. The summed E-state index contributed by atoms with van der Waals surface area (Å²) in [5.41, 5.74) is 3.14. The molecule has 0 saturated carbocycles. The second-order valence-electron chi connectivity index (χ2n) is 7.88. The third-order valence-corrected chi connectivity index (χ3v) is 5.85. The molecule has 0 atom stereocenters. The summed E-state index contributed by atoms with van der Waals surface area (Å²) in [5, 5.41) is 8.71. The Balaban J connectivity index is 1.25. The number of para-hydroxylation sites is 1. The first-order valence-corrected chi connectivity index (χ1v) is 10.7. The summed E-state index contributed by atoms with van der Waals surface area (Å²) in [5.74, 6) is 0.0342. The predicted molar refractivity (Wildman–Crippen MR) is 124 cm³/mol. The van der Waals surface area contributed by atoms with Gasteiger partial charge in [-0.25, -0.2) is 4.68 Å². The van der Waals surface area contributed by atoms with E-state index < -0.39 is 0 Å². The molecule has 4 aromatic rings. The fraction of sp³-hybridized carbons (Fsp3) is 0.200. The molecule has 7 nitrogen and oxygen atoms in total. The topological polar surface area (TPSA) is 71.3 Å². The lowest BCUT2D eigenvalue weighted by molar-refractivity contribution is 0.0747. The molecule has 32 heavy (non-hydrogen) atoms. The number of anilines is 1. The van der Waals surface area contributed by atoms with Crippen molar-refractivity contribution in [1.29, 1.82) is 0 Å². The van der Waals surface area contributed by atoms with Crippen LogP contribution in [-0.2, 0) is 6.54 Å². The summed E-state index contributed by atoms with van der Waals surface area (Å²) >= 11 is 0. The second kappa shape index (κ2) is 8.63. The Kier molecular flexibility index (Phi) is 5.37. The number of benzene rings is 3. The molecule has 2 heterocycles. The van der Waals surface area contributed by atoms with Crippen LogP contribution in [0.1, 0.15) is 15.9 Å². The zero-order valence-corrected chi connectivity index (χ0v) is 17.6. The molecule has 1 amide bonds. The van der Waals surface area contributed by atoms with Gasteiger partial charge >= 0.3 is 0 Å². The first-order valence-electron chi connectivity index (χ1n) is 10.7. The van der Waals surface area contributed by atoms with Gasteiger partial charge in [-0.1, -0.05) is 47.7 Å². The van der Waals surface area contributed by atoms with Gasteiger partial charge in [-0.2, -0.15) is 0 Å². The van der Waals surface area contributed by atoms with Crippen molar-refractivity contribution in [3.63, 3.8) is 0 Å². The number of hydrogen-bond acceptors (Lipinski definition) is 5. The van der Waals surface area contributed by atoms with Gasteiger partial charge in [0.05, 0.1) is 11.9 Å². The molecule has 3 aromatic carbocycles. The Bertz CT molecular complexity index is 1290. The van der Waals surface area contributed by atoms with Gasteiger partial charge in [0.2, 0.25) is 0 Å². The third-order valence-electron chi connectivity index (χ3n) is 5.85. The second-order valence-corrected chi connectivity index (χ2v) is 7.88. The van der Waals surface area contributed by atoms with E-state index in [4.69, 9.17) is 0 Å². The minimum Gasteiger partial charge on any atom is -0.368 e. The fourth-order valence-corrected chi connectivity index (χ4v) is 4.04. The largest absolute Gasteiger partial charge is 0.368 e. The smallest absolute Gasteiger partial charge is 0.277 e. The molecular formula is C25H23N5O2. The average Bonchev–Trinajstić information content (AvgIpc) is 2.86. The number of aromatic nitrogens is 3. The first-order chi connectivity index (χ1) is 15.7. The quantitative estimate of drug-likeness (QED) is 0.503. The lowest BCUT2D eigenvalue weighted by Crippen LogP contribution is -2.48. The molecule has 0 spiro atoms. The molecule has 7 heteroatoms. The average molecular weight is 425 g/mol. The van der Waals surface area contributed by atoms with Crippen molar-refractivity contribution in [3.05, 3.63) is 100 Å². The Morgan fingerprint density at radius 3 is 2.25 bits per heavy atom. The van der Waals surface area contributed by atoms with E-state index in [-0.39, 0.29) is 11.5 Å². The van der Waals surface area contributed by atoms with Crippen LogP contribution in [-0.4, -0.2) is 52.0 Å². The maximum absolute atomic E-state index is 12.9. The van der Waals surface area contributed by atoms with Crippen molar-refractivity contribution >= 4 is 22.5 Å². The molecule has 0 unspecified atom stereocenters. The molecule has 0 bridgehead atoms. The first kappa shape index (κ1) is 19.9. The van der Waals surface area contributed by atoms with E-state index in [0.29, 0.717) is 36.1 Å². The van der Waals surface area contributed by atoms with Crippen molar-refractivity contribution in [2.75, 3.05) is 31.1 Å². The van der Waals surface area contributed by atoms with Crippen LogP contribution < -0.4 is 10.5 Å². The highest BCUT2D eigenvalue weighted by molar-refractivity contribution is 5.94. The number of rotatable bonds is 4. The van der Waals surface area contributed by atoms with E-state index in [9.17, 15) is 9.59 Å². The maximum atomic E-state index is 12.9. The summed E-state index contributed by atoms with van der Waals surface area (Å²) in [6, 6.07) is 24.8. The normalized spacial score (nSPS) is 14.0. The molecule has 1 aliphatic heterocycles. The van der Waals surface area contributed by atoms with Crippen LogP contribution in [0.25, 0.3) is 10.9 Å². The molecule has 0 aliphatic carbocycles. The van der Waals surface area contributed by atoms with Crippen LogP contribution >= 0.6 is 0 Å². The van der Waals surface area contributed by atoms with Gasteiger partial charge in [-0.3, -0.25) is 9.59 Å². The van der Waals surface area contributed by atoms with E-state index in [1.165, 1.54) is 10.4 Å². The Hall–Kier alpha value is -4.00. The zero-order valence-electron chi connectivity index (χ0n) is 17.6. The summed E-state index contributed by atoms with van der Waals surface area (Å²) in [7, 11) is 0. The Morgan fingerprint density at radius 2 is 1.50 bits per heavy atom. The van der Waals surface area contributed by atoms with Crippen LogP contribution in [0.15, 0.2) is 83.7 Å². The number of piperazine rings is 1. The lowest BCUT2D eigenvalue weighted by atomic mass is 10.1. The molecule has 1 aromatic heterocycles. The number of hydrogen-bond donors (Lipinski definition) is 0. The molecule has 1 fully saturated rings. The highest BCUT2D eigenvalue weighted by Crippen LogP contribution is 2.17. The number of carbonyl (C=O) groups is 1. The minimum atomic E-state index is -0.174. The van der Waals surface area contributed by atoms with E-state index in [0.717, 1.165) is 18.7 Å². The van der Waals surface area contributed by atoms with E-state index in [1.807, 2.05) is 59.5 Å². The van der Waals surface area contributed by atoms with Crippen molar-refractivity contribution < 1.29 is 4.79 Å². The molecule has 160 valence electrons. The van der Waals surface area contributed by atoms with Crippen LogP contribution in [0, 0.1) is 0 Å². The van der Waals surface area contributed by atoms with Gasteiger partial charge in [-0.15, -0.1) is 5.10 Å². The zero-order chi connectivity index (χ0) is 21.9. The van der Waals surface area contributed by atoms with Crippen LogP contribution in [0.5, 0.6) is 0 Å². The van der Waals surface area contributed by atoms with Gasteiger partial charge in [0.1, 0.15) is 5.52 Å². The summed E-state index contributed by atoms with van der Waals surface area (Å²) in [6.07, 6.45) is 0. The van der Waals surface area contributed by atoms with E-state index in [2.05, 4.69) is 27.3 Å². The van der Waals surface area contributed by atoms with Crippen LogP contribution in [0.4, 0.5) is 5.69 Å². The van der Waals surface area contributed by atoms with Crippen molar-refractivity contribution in [2.24, 2.45) is 0 Å². The number of nitrogens with zero attached hydrogens (tertiary/aromatic N) is 5. The monoisotopic (exact) mass is 425 g/mol. The number of carbonyl (C=O) groups excluding carboxylic acids is 1. The standard InChI is InChI=1S/C25H23N5O2/c31-24(29-16-14-28(15-17-29)21-6-2-1-3-7-21)20-12-10-19(11-13-20)18-30-25(32)22-8-4-5-9-23(22)26-27-30/h1-13H,14-18H2. The molecule has 5 rings (SSSR count). The van der Waals surface area contributed by atoms with Gasteiger partial charge in [0, 0.05) is 37.4 Å². The highest BCUT2D eigenvalue weighted by Gasteiger charge is 2.22. The number of fused-ring (bicyclic) bond motifs is 1. The van der Waals surface area contributed by atoms with E-state index in [1.54, 1.807) is 12.1 Å². The molecule has 0 radical (unpaired) electrons. The third kappa shape index (κ3) is 3.97. The van der Waals surface area contributed by atoms with Crippen LogP contribution in [0.3, 0.4) is 0 Å². The number of amides is 1. The van der Waals surface area contributed by atoms with E-state index >= 15 is 0 Å². The highest BCUT2D eigenvalue weighted by atomic mass is 16.2. The summed E-state index contributed by atoms with van der Waals surface area (Å²) in [4.78, 5) is 29.8. The molecule has 1 saturated heterocycles. The Morgan fingerprint density at radius 1 is 0.812 bits per heavy atom. The predicted octanol–water partition coefficient (Wildman–Crippen LogP) is 2.80. The minimum absolute atomic E-state index is 0.0342. The summed E-state index contributed by atoms with van der Waals surface area (Å²) in [6.45, 7) is 3.32. The molecular weight excluding hydrogens is 402 g/mol. The molecule has 0 N–H and O–H groups in total. The van der Waals surface area contributed by atoms with Gasteiger partial charge in [0.25, 0.3) is 11.5 Å².